The molecule has 62 valence electrons. The van der Waals surface area contributed by atoms with Crippen LogP contribution in [-0.4, -0.2) is 67.3 Å². The van der Waals surface area contributed by atoms with Crippen LogP contribution in [0.25, 0.3) is 0 Å². The zero-order valence-corrected chi connectivity index (χ0v) is 23.3. The van der Waals surface area contributed by atoms with E-state index in [1.165, 1.54) is 0 Å². The summed E-state index contributed by atoms with van der Waals surface area (Å²) in [4.78, 5) is 0. The molecule has 0 fully saturated rings. The average molecular weight is 309 g/mol. The summed E-state index contributed by atoms with van der Waals surface area (Å²) in [5.41, 5.74) is 0. The summed E-state index contributed by atoms with van der Waals surface area (Å²) in [6.07, 6.45) is 0. The number of hydrogen-bond donors (Lipinski definition) is 0. The summed E-state index contributed by atoms with van der Waals surface area (Å²) in [5, 5.41) is 0. The molecule has 0 atom stereocenters. The van der Waals surface area contributed by atoms with Gasteiger partial charge in [-0.15, -0.1) is 0 Å². The van der Waals surface area contributed by atoms with E-state index < -0.39 is 0 Å². The molecule has 0 saturated carbocycles. The Morgan fingerprint density at radius 3 is 1.20 bits per heavy atom. The molecule has 0 rings (SSSR count). The van der Waals surface area contributed by atoms with Crippen molar-refractivity contribution in [2.45, 2.75) is 0 Å². The third-order valence-corrected chi connectivity index (χ3v) is 84.9. The molecule has 0 heterocycles. The molecule has 10 heavy (non-hydrogen) atoms. The molecule has 0 aliphatic rings. The van der Waals surface area contributed by atoms with Gasteiger partial charge in [0, 0.05) is 49.5 Å². The van der Waals surface area contributed by atoms with Crippen LogP contribution >= 0.6 is 19.7 Å². The van der Waals surface area contributed by atoms with Crippen LogP contribution in [-0.2, 0) is 0 Å². The molecule has 0 aromatic carbocycles. The van der Waals surface area contributed by atoms with Crippen LogP contribution in [0.4, 0.5) is 0 Å². The van der Waals surface area contributed by atoms with E-state index in [-0.39, 0.29) is 0 Å². The van der Waals surface area contributed by atoms with Gasteiger partial charge in [0.05, 0.1) is 17.7 Å². The van der Waals surface area contributed by atoms with E-state index in [2.05, 4.69) is 0 Å². The first kappa shape index (κ1) is 12.8. The van der Waals surface area contributed by atoms with Gasteiger partial charge in [0.1, 0.15) is 0 Å². The Morgan fingerprint density at radius 2 is 1.00 bits per heavy atom. The third-order valence-electron chi connectivity index (χ3n) is 1.05. The van der Waals surface area contributed by atoms with Crippen molar-refractivity contribution in [3.05, 3.63) is 0 Å². The molecular formula is H19P3Si7. The summed E-state index contributed by atoms with van der Waals surface area (Å²) in [5.74, 6) is 0. The monoisotopic (exact) mass is 308 g/mol. The van der Waals surface area contributed by atoms with Crippen LogP contribution in [0.1, 0.15) is 0 Å². The van der Waals surface area contributed by atoms with Crippen molar-refractivity contribution >= 4 is 87.0 Å². The highest BCUT2D eigenvalue weighted by Gasteiger charge is 2.05. The predicted molar refractivity (Wildman–Crippen MR) is 87.5 cm³/mol. The maximum atomic E-state index is 1.69. The van der Waals surface area contributed by atoms with E-state index in [0.29, 0.717) is 17.7 Å². The van der Waals surface area contributed by atoms with E-state index in [4.69, 9.17) is 0 Å². The Labute approximate surface area is 86.5 Å². The summed E-state index contributed by atoms with van der Waals surface area (Å²) < 4.78 is 0. The van der Waals surface area contributed by atoms with Gasteiger partial charge >= 0.3 is 0 Å². The van der Waals surface area contributed by atoms with Gasteiger partial charge in [-0.25, -0.2) is 0 Å². The lowest BCUT2D eigenvalue weighted by atomic mass is 27.0. The lowest BCUT2D eigenvalue weighted by molar-refractivity contribution is 4.16. The highest BCUT2D eigenvalue weighted by molar-refractivity contribution is 8.52. The lowest BCUT2D eigenvalue weighted by Crippen LogP contribution is -1.95. The Balaban J connectivity index is 3.34. The van der Waals surface area contributed by atoms with Crippen LogP contribution in [0.3, 0.4) is 0 Å². The first-order valence-corrected chi connectivity index (χ1v) is 31.5. The smallest absolute Gasteiger partial charge is 0.0573 e. The van der Waals surface area contributed by atoms with Crippen molar-refractivity contribution in [2.24, 2.45) is 0 Å². The highest BCUT2D eigenvalue weighted by Crippen LogP contribution is 2.44. The van der Waals surface area contributed by atoms with Gasteiger partial charge in [-0.3, -0.25) is 0 Å². The van der Waals surface area contributed by atoms with Crippen molar-refractivity contribution in [3.8, 4) is 0 Å². The van der Waals surface area contributed by atoms with Crippen LogP contribution < -0.4 is 0 Å². The van der Waals surface area contributed by atoms with Crippen molar-refractivity contribution in [3.63, 3.8) is 0 Å². The molecule has 0 aliphatic heterocycles. The zero-order valence-electron chi connectivity index (χ0n) is 7.76. The maximum Gasteiger partial charge on any atom is 0.0573 e. The lowest BCUT2D eigenvalue weighted by Gasteiger charge is -2.16. The zero-order chi connectivity index (χ0) is 8.15. The average Bonchev–Trinajstić information content (AvgIpc) is 1.58. The normalized spacial score (nSPS) is 24.0. The predicted octanol–water partition coefficient (Wildman–Crippen LogP) is -5.17. The van der Waals surface area contributed by atoms with Gasteiger partial charge in [0.2, 0.25) is 0 Å². The summed E-state index contributed by atoms with van der Waals surface area (Å²) in [7, 11) is 9.61. The van der Waals surface area contributed by atoms with Crippen LogP contribution in [0.2, 0.25) is 0 Å². The van der Waals surface area contributed by atoms with Crippen molar-refractivity contribution in [1.82, 2.24) is 0 Å². The molecular weight excluding hydrogens is 290 g/mol. The van der Waals surface area contributed by atoms with E-state index in [9.17, 15) is 0 Å². The SMILES string of the molecule is [SiH3]P([SiH3])[SiH2]P([SiH3])[SiH2]P([SiH3])[SiH3]. The van der Waals surface area contributed by atoms with Gasteiger partial charge in [-0.05, 0) is 0 Å². The van der Waals surface area contributed by atoms with Crippen LogP contribution in [0.5, 0.6) is 0 Å². The minimum absolute atomic E-state index is 0.665. The van der Waals surface area contributed by atoms with E-state index >= 15 is 0 Å². The van der Waals surface area contributed by atoms with E-state index in [0.717, 1.165) is 19.7 Å². The van der Waals surface area contributed by atoms with Gasteiger partial charge in [0.15, 0.2) is 0 Å². The topological polar surface area (TPSA) is 0 Å². The molecule has 0 saturated heterocycles. The maximum absolute atomic E-state index is 1.69. The summed E-state index contributed by atoms with van der Waals surface area (Å²) >= 11 is 0. The number of rotatable bonds is 4. The first-order chi connectivity index (χ1) is 4.52. The fourth-order valence-electron chi connectivity index (χ4n) is 1.01. The second kappa shape index (κ2) is 7.23. The second-order valence-electron chi connectivity index (χ2n) is 3.30. The fraction of sp³-hybridized carbons (Fsp3) is 0. The minimum Gasteiger partial charge on any atom is -0.161 e. The molecule has 0 aromatic rings. The fourth-order valence-corrected chi connectivity index (χ4v) is 246. The molecule has 0 nitrogen and oxygen atoms in total. The van der Waals surface area contributed by atoms with E-state index in [1.54, 1.807) is 49.5 Å². The highest BCUT2D eigenvalue weighted by atomic mass is 32.1. The molecule has 0 aromatic heterocycles. The molecule has 10 heteroatoms. The van der Waals surface area contributed by atoms with E-state index in [1.807, 2.05) is 0 Å². The van der Waals surface area contributed by atoms with Gasteiger partial charge in [0.25, 0.3) is 0 Å². The Bertz CT molecular complexity index is 70.9. The Kier molecular flexibility index (Phi) is 9.27. The molecule has 0 aliphatic carbocycles. The summed E-state index contributed by atoms with van der Waals surface area (Å²) in [6, 6.07) is 0. The molecule has 0 radical (unpaired) electrons. The Hall–Kier alpha value is 2.81. The quantitative estimate of drug-likeness (QED) is 0.360. The molecule has 0 bridgehead atoms. The summed E-state index contributed by atoms with van der Waals surface area (Å²) in [6.45, 7) is 2.73. The third kappa shape index (κ3) is 8.90. The Morgan fingerprint density at radius 1 is 0.700 bits per heavy atom. The van der Waals surface area contributed by atoms with Gasteiger partial charge < -0.3 is 0 Å². The van der Waals surface area contributed by atoms with Gasteiger partial charge in [-0.1, -0.05) is 0 Å². The molecule has 0 amide bonds. The standard InChI is InChI=1S/H19P3Si7/c4-1(5)9-3(8)10-2(6)7/h9-10H2,4-8H3. The van der Waals surface area contributed by atoms with Gasteiger partial charge in [-0.2, -0.15) is 19.7 Å². The van der Waals surface area contributed by atoms with Crippen LogP contribution in [0, 0.1) is 0 Å². The first-order valence-electron chi connectivity index (χ1n) is 3.50. The van der Waals surface area contributed by atoms with Crippen molar-refractivity contribution in [2.75, 3.05) is 0 Å². The largest absolute Gasteiger partial charge is 0.161 e. The second-order valence-corrected chi connectivity index (χ2v) is 89.1. The molecule has 0 spiro atoms. The molecule has 0 unspecified atom stereocenters. The molecule has 0 N–H and O–H groups in total. The van der Waals surface area contributed by atoms with Crippen molar-refractivity contribution in [1.29, 1.82) is 0 Å². The van der Waals surface area contributed by atoms with Crippen LogP contribution in [0.15, 0.2) is 0 Å². The van der Waals surface area contributed by atoms with Crippen molar-refractivity contribution < 1.29 is 0 Å². The minimum atomic E-state index is 0.665. The number of hydrogen-bond acceptors (Lipinski definition) is 0.